The molecule has 0 aliphatic rings. The van der Waals surface area contributed by atoms with Gasteiger partial charge in [-0.05, 0) is 55.3 Å². The largest absolute Gasteiger partial charge is 0.339 e. The molecule has 0 bridgehead atoms. The van der Waals surface area contributed by atoms with E-state index in [-0.39, 0.29) is 11.6 Å². The Bertz CT molecular complexity index is 889. The molecule has 0 spiro atoms. The number of amides is 1. The lowest BCUT2D eigenvalue weighted by molar-refractivity contribution is 0.102. The Morgan fingerprint density at radius 2 is 1.72 bits per heavy atom. The number of anilines is 3. The Morgan fingerprint density at radius 1 is 0.960 bits per heavy atom. The summed E-state index contributed by atoms with van der Waals surface area (Å²) in [5.74, 6) is 0.233. The summed E-state index contributed by atoms with van der Waals surface area (Å²) in [5, 5.41) is 6.55. The number of carbonyl (C=O) groups excluding carboxylic acids is 1. The number of nitrogens with one attached hydrogen (secondary N) is 2. The molecule has 0 aliphatic carbocycles. The average Bonchev–Trinajstić information content (AvgIpc) is 2.54. The highest BCUT2D eigenvalue weighted by Gasteiger charge is 2.09. The first kappa shape index (κ1) is 16.9. The lowest BCUT2D eigenvalue weighted by atomic mass is 10.1. The Kier molecular flexibility index (Phi) is 4.95. The third-order valence-electron chi connectivity index (χ3n) is 3.46. The van der Waals surface area contributed by atoms with Gasteiger partial charge in [-0.3, -0.25) is 4.79 Å². The molecule has 0 aliphatic heterocycles. The van der Waals surface area contributed by atoms with E-state index in [1.807, 2.05) is 44.2 Å². The zero-order chi connectivity index (χ0) is 17.8. The van der Waals surface area contributed by atoms with Gasteiger partial charge in [0, 0.05) is 16.4 Å². The van der Waals surface area contributed by atoms with Gasteiger partial charge < -0.3 is 10.6 Å². The van der Waals surface area contributed by atoms with Crippen molar-refractivity contribution in [1.82, 2.24) is 9.97 Å². The first-order chi connectivity index (χ1) is 12.0. The lowest BCUT2D eigenvalue weighted by Crippen LogP contribution is -2.14. The van der Waals surface area contributed by atoms with E-state index in [1.165, 1.54) is 12.4 Å². The number of rotatable bonds is 4. The van der Waals surface area contributed by atoms with E-state index in [4.69, 9.17) is 11.6 Å². The fourth-order valence-electron chi connectivity index (χ4n) is 2.47. The van der Waals surface area contributed by atoms with Crippen LogP contribution in [-0.4, -0.2) is 15.9 Å². The summed E-state index contributed by atoms with van der Waals surface area (Å²) >= 11 is 5.95. The summed E-state index contributed by atoms with van der Waals surface area (Å²) in [5.41, 5.74) is 3.96. The van der Waals surface area contributed by atoms with Crippen LogP contribution in [-0.2, 0) is 0 Å². The summed E-state index contributed by atoms with van der Waals surface area (Å²) < 4.78 is 0. The van der Waals surface area contributed by atoms with Gasteiger partial charge in [0.15, 0.2) is 0 Å². The molecule has 6 heteroatoms. The zero-order valence-corrected chi connectivity index (χ0v) is 14.6. The summed E-state index contributed by atoms with van der Waals surface area (Å²) in [6.07, 6.45) is 2.95. The third-order valence-corrected chi connectivity index (χ3v) is 3.70. The molecule has 25 heavy (non-hydrogen) atoms. The molecule has 0 radical (unpaired) electrons. The van der Waals surface area contributed by atoms with Crippen LogP contribution in [0.15, 0.2) is 54.9 Å². The van der Waals surface area contributed by atoms with Crippen molar-refractivity contribution in [2.45, 2.75) is 13.8 Å². The molecular formula is C19H17ClN4O. The maximum Gasteiger partial charge on any atom is 0.275 e. The van der Waals surface area contributed by atoms with Crippen molar-refractivity contribution >= 4 is 34.7 Å². The molecule has 5 nitrogen and oxygen atoms in total. The van der Waals surface area contributed by atoms with E-state index in [0.29, 0.717) is 10.8 Å². The smallest absolute Gasteiger partial charge is 0.275 e. The van der Waals surface area contributed by atoms with Gasteiger partial charge in [-0.2, -0.15) is 0 Å². The van der Waals surface area contributed by atoms with Crippen LogP contribution in [0.3, 0.4) is 0 Å². The highest BCUT2D eigenvalue weighted by Crippen LogP contribution is 2.19. The normalized spacial score (nSPS) is 10.4. The number of hydrogen-bond acceptors (Lipinski definition) is 4. The topological polar surface area (TPSA) is 66.9 Å². The first-order valence-electron chi connectivity index (χ1n) is 7.74. The van der Waals surface area contributed by atoms with Crippen LogP contribution in [0.25, 0.3) is 0 Å². The van der Waals surface area contributed by atoms with Gasteiger partial charge in [0.2, 0.25) is 0 Å². The van der Waals surface area contributed by atoms with Gasteiger partial charge in [0.05, 0.1) is 12.4 Å². The molecule has 0 fully saturated rings. The van der Waals surface area contributed by atoms with Crippen LogP contribution in [0.1, 0.15) is 21.6 Å². The van der Waals surface area contributed by atoms with E-state index in [2.05, 4.69) is 20.6 Å². The van der Waals surface area contributed by atoms with Crippen molar-refractivity contribution in [1.29, 1.82) is 0 Å². The van der Waals surface area contributed by atoms with E-state index in [1.54, 1.807) is 12.1 Å². The molecule has 126 valence electrons. The van der Waals surface area contributed by atoms with Crippen LogP contribution >= 0.6 is 11.6 Å². The SMILES string of the molecule is Cc1cc(C)cc(NC(=O)c2cnc(Nc3cccc(Cl)c3)cn2)c1. The Morgan fingerprint density at radius 3 is 2.36 bits per heavy atom. The Balaban J connectivity index is 1.70. The van der Waals surface area contributed by atoms with Crippen LogP contribution in [0.2, 0.25) is 5.02 Å². The molecule has 1 aromatic heterocycles. The second-order valence-electron chi connectivity index (χ2n) is 5.75. The third kappa shape index (κ3) is 4.55. The zero-order valence-electron chi connectivity index (χ0n) is 13.9. The predicted molar refractivity (Wildman–Crippen MR) is 101 cm³/mol. The van der Waals surface area contributed by atoms with Gasteiger partial charge >= 0.3 is 0 Å². The van der Waals surface area contributed by atoms with E-state index in [9.17, 15) is 4.79 Å². The van der Waals surface area contributed by atoms with Gasteiger partial charge in [0.25, 0.3) is 5.91 Å². The lowest BCUT2D eigenvalue weighted by Gasteiger charge is -2.08. The second-order valence-corrected chi connectivity index (χ2v) is 6.19. The fourth-order valence-corrected chi connectivity index (χ4v) is 2.66. The van der Waals surface area contributed by atoms with E-state index in [0.717, 1.165) is 22.5 Å². The number of benzene rings is 2. The summed E-state index contributed by atoms with van der Waals surface area (Å²) in [6.45, 7) is 3.97. The van der Waals surface area contributed by atoms with Gasteiger partial charge in [-0.15, -0.1) is 0 Å². The Labute approximate surface area is 151 Å². The van der Waals surface area contributed by atoms with Gasteiger partial charge in [-0.1, -0.05) is 23.7 Å². The maximum absolute atomic E-state index is 12.3. The highest BCUT2D eigenvalue weighted by atomic mass is 35.5. The van der Waals surface area contributed by atoms with Crippen molar-refractivity contribution in [2.75, 3.05) is 10.6 Å². The minimum absolute atomic E-state index is 0.246. The highest BCUT2D eigenvalue weighted by molar-refractivity contribution is 6.30. The van der Waals surface area contributed by atoms with Crippen molar-refractivity contribution in [3.8, 4) is 0 Å². The molecule has 0 atom stereocenters. The molecule has 0 saturated heterocycles. The van der Waals surface area contributed by atoms with E-state index >= 15 is 0 Å². The number of aryl methyl sites for hydroxylation is 2. The number of hydrogen-bond donors (Lipinski definition) is 2. The van der Waals surface area contributed by atoms with Gasteiger partial charge in [-0.25, -0.2) is 9.97 Å². The van der Waals surface area contributed by atoms with Crippen molar-refractivity contribution < 1.29 is 4.79 Å². The number of aromatic nitrogens is 2. The molecular weight excluding hydrogens is 336 g/mol. The number of carbonyl (C=O) groups is 1. The molecule has 0 unspecified atom stereocenters. The number of halogens is 1. The molecule has 2 aromatic carbocycles. The second kappa shape index (κ2) is 7.32. The summed E-state index contributed by atoms with van der Waals surface area (Å²) in [7, 11) is 0. The molecule has 1 amide bonds. The molecule has 0 saturated carbocycles. The van der Waals surface area contributed by atoms with Crippen LogP contribution in [0.5, 0.6) is 0 Å². The Hall–Kier alpha value is -2.92. The van der Waals surface area contributed by atoms with Gasteiger partial charge in [0.1, 0.15) is 11.5 Å². The van der Waals surface area contributed by atoms with Crippen LogP contribution in [0.4, 0.5) is 17.2 Å². The predicted octanol–water partition coefficient (Wildman–Crippen LogP) is 4.74. The summed E-state index contributed by atoms with van der Waals surface area (Å²) in [6, 6.07) is 13.1. The molecule has 2 N–H and O–H groups in total. The minimum atomic E-state index is -0.299. The minimum Gasteiger partial charge on any atom is -0.339 e. The average molecular weight is 353 g/mol. The van der Waals surface area contributed by atoms with Crippen LogP contribution in [0, 0.1) is 13.8 Å². The number of nitrogens with zero attached hydrogens (tertiary/aromatic N) is 2. The van der Waals surface area contributed by atoms with Crippen molar-refractivity contribution in [2.24, 2.45) is 0 Å². The summed E-state index contributed by atoms with van der Waals surface area (Å²) in [4.78, 5) is 20.7. The van der Waals surface area contributed by atoms with E-state index < -0.39 is 0 Å². The molecule has 3 aromatic rings. The quantitative estimate of drug-likeness (QED) is 0.711. The fraction of sp³-hybridized carbons (Fsp3) is 0.105. The first-order valence-corrected chi connectivity index (χ1v) is 8.12. The van der Waals surface area contributed by atoms with Crippen molar-refractivity contribution in [3.63, 3.8) is 0 Å². The van der Waals surface area contributed by atoms with Crippen LogP contribution < -0.4 is 10.6 Å². The maximum atomic E-state index is 12.3. The molecule has 1 heterocycles. The molecule has 3 rings (SSSR count). The standard InChI is InChI=1S/C19H17ClN4O/c1-12-6-13(2)8-16(7-12)24-19(25)17-10-22-18(11-21-17)23-15-5-3-4-14(20)9-15/h3-11H,1-2H3,(H,22,23)(H,24,25). The van der Waals surface area contributed by atoms with Crippen molar-refractivity contribution in [3.05, 3.63) is 76.7 Å². The monoisotopic (exact) mass is 352 g/mol.